The molecule has 28 heavy (non-hydrogen) atoms. The number of carbonyl (C=O) groups excluding carboxylic acids is 1. The number of alkyl carbamates (subject to hydrolysis) is 1. The second-order valence-electron chi connectivity index (χ2n) is 7.02. The molecule has 0 aliphatic rings. The van der Waals surface area contributed by atoms with Gasteiger partial charge < -0.3 is 19.9 Å². The molecule has 2 aromatic carbocycles. The first-order valence-electron chi connectivity index (χ1n) is 9.33. The third kappa shape index (κ3) is 7.70. The van der Waals surface area contributed by atoms with Gasteiger partial charge in [-0.05, 0) is 24.0 Å². The Morgan fingerprint density at radius 1 is 1.04 bits per heavy atom. The summed E-state index contributed by atoms with van der Waals surface area (Å²) in [6, 6.07) is 16.2. The van der Waals surface area contributed by atoms with Crippen molar-refractivity contribution in [3.05, 3.63) is 65.7 Å². The van der Waals surface area contributed by atoms with Gasteiger partial charge in [-0.25, -0.2) is 4.79 Å². The van der Waals surface area contributed by atoms with Crippen molar-refractivity contribution in [2.24, 2.45) is 5.92 Å². The first-order chi connectivity index (χ1) is 13.4. The molecule has 6 heteroatoms. The SMILES string of the molecule is CC(C)CC(COc1ccccc1CC(=O)O)NC(=O)OCc1ccccc1. The Morgan fingerprint density at radius 3 is 2.39 bits per heavy atom. The van der Waals surface area contributed by atoms with Crippen LogP contribution in [0.4, 0.5) is 4.79 Å². The molecule has 1 unspecified atom stereocenters. The van der Waals surface area contributed by atoms with Crippen molar-refractivity contribution >= 4 is 12.1 Å². The van der Waals surface area contributed by atoms with Crippen LogP contribution in [0.1, 0.15) is 31.4 Å². The average Bonchev–Trinajstić information content (AvgIpc) is 2.65. The predicted molar refractivity (Wildman–Crippen MR) is 106 cm³/mol. The van der Waals surface area contributed by atoms with Gasteiger partial charge >= 0.3 is 12.1 Å². The minimum absolute atomic E-state index is 0.114. The quantitative estimate of drug-likeness (QED) is 0.645. The molecule has 0 bridgehead atoms. The van der Waals surface area contributed by atoms with E-state index in [9.17, 15) is 9.59 Å². The maximum Gasteiger partial charge on any atom is 0.407 e. The van der Waals surface area contributed by atoms with Crippen LogP contribution in [0.2, 0.25) is 0 Å². The van der Waals surface area contributed by atoms with Gasteiger partial charge in [0.1, 0.15) is 19.0 Å². The fraction of sp³-hybridized carbons (Fsp3) is 0.364. The van der Waals surface area contributed by atoms with Crippen LogP contribution in [0.15, 0.2) is 54.6 Å². The zero-order valence-corrected chi connectivity index (χ0v) is 16.3. The molecular weight excluding hydrogens is 358 g/mol. The number of amides is 1. The summed E-state index contributed by atoms with van der Waals surface area (Å²) in [4.78, 5) is 23.2. The molecule has 0 aromatic heterocycles. The number of hydrogen-bond acceptors (Lipinski definition) is 4. The van der Waals surface area contributed by atoms with Crippen LogP contribution >= 0.6 is 0 Å². The zero-order valence-electron chi connectivity index (χ0n) is 16.3. The maximum atomic E-state index is 12.2. The van der Waals surface area contributed by atoms with Crippen LogP contribution in [0.3, 0.4) is 0 Å². The number of aliphatic carboxylic acids is 1. The number of para-hydroxylation sites is 1. The first kappa shape index (κ1) is 21.3. The Hall–Kier alpha value is -3.02. The Bertz CT molecular complexity index is 761. The average molecular weight is 385 g/mol. The van der Waals surface area contributed by atoms with Gasteiger partial charge in [-0.15, -0.1) is 0 Å². The number of carboxylic acid groups (broad SMARTS) is 1. The van der Waals surface area contributed by atoms with Crippen molar-refractivity contribution in [2.45, 2.75) is 39.3 Å². The number of carboxylic acids is 1. The summed E-state index contributed by atoms with van der Waals surface area (Å²) in [7, 11) is 0. The minimum atomic E-state index is -0.919. The van der Waals surface area contributed by atoms with E-state index in [0.29, 0.717) is 23.7 Å². The Kier molecular flexibility index (Phi) is 8.34. The van der Waals surface area contributed by atoms with E-state index in [1.807, 2.05) is 30.3 Å². The lowest BCUT2D eigenvalue weighted by Gasteiger charge is -2.21. The van der Waals surface area contributed by atoms with Crippen LogP contribution in [0.25, 0.3) is 0 Å². The molecule has 0 aliphatic carbocycles. The molecule has 1 amide bonds. The van der Waals surface area contributed by atoms with Gasteiger partial charge in [0.05, 0.1) is 12.5 Å². The molecule has 0 saturated carbocycles. The molecule has 0 saturated heterocycles. The highest BCUT2D eigenvalue weighted by Gasteiger charge is 2.17. The molecule has 2 aromatic rings. The Balaban J connectivity index is 1.92. The summed E-state index contributed by atoms with van der Waals surface area (Å²) >= 11 is 0. The summed E-state index contributed by atoms with van der Waals surface area (Å²) in [5.41, 5.74) is 1.52. The molecule has 2 N–H and O–H groups in total. The second kappa shape index (κ2) is 11.0. The predicted octanol–water partition coefficient (Wildman–Crippen LogP) is 4.03. The third-order valence-electron chi connectivity index (χ3n) is 4.04. The molecular formula is C22H27NO5. The third-order valence-corrected chi connectivity index (χ3v) is 4.04. The Labute approximate surface area is 165 Å². The number of ether oxygens (including phenoxy) is 2. The highest BCUT2D eigenvalue weighted by molar-refractivity contribution is 5.71. The van der Waals surface area contributed by atoms with Gasteiger partial charge in [-0.2, -0.15) is 0 Å². The van der Waals surface area contributed by atoms with Crippen molar-refractivity contribution in [1.82, 2.24) is 5.32 Å². The van der Waals surface area contributed by atoms with Crippen LogP contribution < -0.4 is 10.1 Å². The highest BCUT2D eigenvalue weighted by Crippen LogP contribution is 2.19. The fourth-order valence-electron chi connectivity index (χ4n) is 2.81. The molecule has 0 aliphatic heterocycles. The van der Waals surface area contributed by atoms with Crippen molar-refractivity contribution in [3.8, 4) is 5.75 Å². The van der Waals surface area contributed by atoms with E-state index >= 15 is 0 Å². The van der Waals surface area contributed by atoms with Gasteiger partial charge in [0, 0.05) is 5.56 Å². The lowest BCUT2D eigenvalue weighted by atomic mass is 10.0. The van der Waals surface area contributed by atoms with Crippen LogP contribution in [-0.4, -0.2) is 29.8 Å². The summed E-state index contributed by atoms with van der Waals surface area (Å²) in [5.74, 6) is -0.0622. The molecule has 150 valence electrons. The summed E-state index contributed by atoms with van der Waals surface area (Å²) < 4.78 is 11.1. The summed E-state index contributed by atoms with van der Waals surface area (Å²) in [6.07, 6.45) is 0.0935. The maximum absolute atomic E-state index is 12.2. The van der Waals surface area contributed by atoms with Crippen molar-refractivity contribution in [2.75, 3.05) is 6.61 Å². The summed E-state index contributed by atoms with van der Waals surface area (Å²) in [5, 5.41) is 11.9. The molecule has 0 radical (unpaired) electrons. The molecule has 1 atom stereocenters. The van der Waals surface area contributed by atoms with Crippen LogP contribution in [0, 0.1) is 5.92 Å². The molecule has 0 heterocycles. The second-order valence-corrected chi connectivity index (χ2v) is 7.02. The number of carbonyl (C=O) groups is 2. The molecule has 0 spiro atoms. The van der Waals surface area contributed by atoms with Crippen LogP contribution in [-0.2, 0) is 22.6 Å². The van der Waals surface area contributed by atoms with E-state index in [-0.39, 0.29) is 25.7 Å². The molecule has 6 nitrogen and oxygen atoms in total. The van der Waals surface area contributed by atoms with E-state index in [1.165, 1.54) is 0 Å². The van der Waals surface area contributed by atoms with E-state index in [1.54, 1.807) is 24.3 Å². The zero-order chi connectivity index (χ0) is 20.4. The van der Waals surface area contributed by atoms with Gasteiger partial charge in [-0.1, -0.05) is 62.4 Å². The monoisotopic (exact) mass is 385 g/mol. The Morgan fingerprint density at radius 2 is 1.71 bits per heavy atom. The standard InChI is InChI=1S/C22H27NO5/c1-16(2)12-19(23-22(26)28-14-17-8-4-3-5-9-17)15-27-20-11-7-6-10-18(20)13-21(24)25/h3-11,16,19H,12-15H2,1-2H3,(H,23,26)(H,24,25). The first-order valence-corrected chi connectivity index (χ1v) is 9.33. The van der Waals surface area contributed by atoms with E-state index < -0.39 is 12.1 Å². The normalized spacial score (nSPS) is 11.7. The van der Waals surface area contributed by atoms with Crippen molar-refractivity contribution in [3.63, 3.8) is 0 Å². The summed E-state index contributed by atoms with van der Waals surface area (Å²) in [6.45, 7) is 4.54. The minimum Gasteiger partial charge on any atom is -0.491 e. The van der Waals surface area contributed by atoms with Gasteiger partial charge in [-0.3, -0.25) is 4.79 Å². The van der Waals surface area contributed by atoms with Crippen molar-refractivity contribution in [1.29, 1.82) is 0 Å². The van der Waals surface area contributed by atoms with Gasteiger partial charge in [0.2, 0.25) is 0 Å². The highest BCUT2D eigenvalue weighted by atomic mass is 16.5. The van der Waals surface area contributed by atoms with Gasteiger partial charge in [0.15, 0.2) is 0 Å². The smallest absolute Gasteiger partial charge is 0.407 e. The number of benzene rings is 2. The van der Waals surface area contributed by atoms with E-state index in [2.05, 4.69) is 19.2 Å². The number of nitrogens with one attached hydrogen (secondary N) is 1. The topological polar surface area (TPSA) is 84.9 Å². The fourth-order valence-corrected chi connectivity index (χ4v) is 2.81. The van der Waals surface area contributed by atoms with Crippen LogP contribution in [0.5, 0.6) is 5.75 Å². The van der Waals surface area contributed by atoms with E-state index in [4.69, 9.17) is 14.6 Å². The lowest BCUT2D eigenvalue weighted by molar-refractivity contribution is -0.136. The van der Waals surface area contributed by atoms with E-state index in [0.717, 1.165) is 5.56 Å². The molecule has 0 fully saturated rings. The molecule has 2 rings (SSSR count). The largest absolute Gasteiger partial charge is 0.491 e. The lowest BCUT2D eigenvalue weighted by Crippen LogP contribution is -2.40. The van der Waals surface area contributed by atoms with Gasteiger partial charge in [0.25, 0.3) is 0 Å². The number of rotatable bonds is 10. The number of hydrogen-bond donors (Lipinski definition) is 2. The van der Waals surface area contributed by atoms with Crippen molar-refractivity contribution < 1.29 is 24.2 Å².